The van der Waals surface area contributed by atoms with E-state index in [4.69, 9.17) is 4.74 Å². The van der Waals surface area contributed by atoms with Crippen LogP contribution in [0.4, 0.5) is 4.79 Å². The molecule has 0 unspecified atom stereocenters. The summed E-state index contributed by atoms with van der Waals surface area (Å²) < 4.78 is 5.45. The van der Waals surface area contributed by atoms with Crippen molar-refractivity contribution >= 4 is 23.3 Å². The van der Waals surface area contributed by atoms with Crippen molar-refractivity contribution in [1.29, 1.82) is 0 Å². The van der Waals surface area contributed by atoms with E-state index in [1.54, 1.807) is 16.8 Å². The van der Waals surface area contributed by atoms with Gasteiger partial charge in [-0.05, 0) is 45.1 Å². The van der Waals surface area contributed by atoms with Crippen LogP contribution in [-0.2, 0) is 4.74 Å². The van der Waals surface area contributed by atoms with Crippen LogP contribution in [0.5, 0.6) is 0 Å². The molecule has 2 heterocycles. The van der Waals surface area contributed by atoms with Gasteiger partial charge in [-0.1, -0.05) is 0 Å². The molecule has 0 bridgehead atoms. The van der Waals surface area contributed by atoms with Crippen molar-refractivity contribution < 1.29 is 14.3 Å². The lowest BCUT2D eigenvalue weighted by Crippen LogP contribution is -2.45. The van der Waals surface area contributed by atoms with Crippen molar-refractivity contribution in [3.63, 3.8) is 0 Å². The maximum Gasteiger partial charge on any atom is 0.410 e. The second-order valence-corrected chi connectivity index (χ2v) is 7.45. The molecule has 1 aliphatic rings. The second-order valence-electron chi connectivity index (χ2n) is 6.67. The SMILES string of the molecule is CN(C[C@@H]1CCCN1C(=O)OC(C)(C)C)C(=O)c1ccsc1. The summed E-state index contributed by atoms with van der Waals surface area (Å²) in [5.74, 6) is -0.00251. The number of hydrogen-bond acceptors (Lipinski definition) is 4. The average Bonchev–Trinajstić information content (AvgIpc) is 3.06. The first kappa shape index (κ1) is 16.8. The van der Waals surface area contributed by atoms with Crippen LogP contribution in [0.3, 0.4) is 0 Å². The molecule has 2 rings (SSSR count). The van der Waals surface area contributed by atoms with E-state index in [9.17, 15) is 9.59 Å². The van der Waals surface area contributed by atoms with Gasteiger partial charge in [-0.3, -0.25) is 4.79 Å². The Bertz CT molecular complexity index is 522. The van der Waals surface area contributed by atoms with Gasteiger partial charge in [0, 0.05) is 25.5 Å². The Hall–Kier alpha value is -1.56. The lowest BCUT2D eigenvalue weighted by Gasteiger charge is -2.30. The summed E-state index contributed by atoms with van der Waals surface area (Å²) in [5.41, 5.74) is 0.206. The Balaban J connectivity index is 1.96. The first-order chi connectivity index (χ1) is 10.3. The highest BCUT2D eigenvalue weighted by atomic mass is 32.1. The zero-order valence-corrected chi connectivity index (χ0v) is 14.5. The van der Waals surface area contributed by atoms with Gasteiger partial charge in [0.05, 0.1) is 11.6 Å². The lowest BCUT2D eigenvalue weighted by atomic mass is 10.2. The van der Waals surface area contributed by atoms with Gasteiger partial charge in [-0.25, -0.2) is 4.79 Å². The number of rotatable bonds is 3. The molecule has 1 aliphatic heterocycles. The Labute approximate surface area is 135 Å². The molecule has 0 aliphatic carbocycles. The molecule has 5 nitrogen and oxygen atoms in total. The van der Waals surface area contributed by atoms with Crippen LogP contribution in [0, 0.1) is 0 Å². The summed E-state index contributed by atoms with van der Waals surface area (Å²) in [5, 5.41) is 3.74. The molecular formula is C16H24N2O3S. The Morgan fingerprint density at radius 1 is 1.45 bits per heavy atom. The standard InChI is InChI=1S/C16H24N2O3S/c1-16(2,3)21-15(20)18-8-5-6-13(18)10-17(4)14(19)12-7-9-22-11-12/h7,9,11,13H,5-6,8,10H2,1-4H3/t13-/m0/s1. The maximum absolute atomic E-state index is 12.3. The smallest absolute Gasteiger partial charge is 0.410 e. The van der Waals surface area contributed by atoms with Crippen LogP contribution >= 0.6 is 11.3 Å². The van der Waals surface area contributed by atoms with Gasteiger partial charge in [-0.2, -0.15) is 11.3 Å². The highest BCUT2D eigenvalue weighted by molar-refractivity contribution is 7.08. The van der Waals surface area contributed by atoms with Crippen LogP contribution in [0.1, 0.15) is 44.0 Å². The van der Waals surface area contributed by atoms with Crippen molar-refractivity contribution in [2.45, 2.75) is 45.3 Å². The Kier molecular flexibility index (Phi) is 5.11. The van der Waals surface area contributed by atoms with E-state index in [1.807, 2.05) is 37.6 Å². The highest BCUT2D eigenvalue weighted by Gasteiger charge is 2.33. The second kappa shape index (κ2) is 6.69. The van der Waals surface area contributed by atoms with Gasteiger partial charge < -0.3 is 14.5 Å². The van der Waals surface area contributed by atoms with E-state index < -0.39 is 5.60 Å². The monoisotopic (exact) mass is 324 g/mol. The third kappa shape index (κ3) is 4.22. The number of carbonyl (C=O) groups is 2. The fraction of sp³-hybridized carbons (Fsp3) is 0.625. The normalized spacial score (nSPS) is 18.4. The number of ether oxygens (including phenoxy) is 1. The fourth-order valence-electron chi connectivity index (χ4n) is 2.59. The van der Waals surface area contributed by atoms with Gasteiger partial charge in [0.25, 0.3) is 5.91 Å². The molecule has 122 valence electrons. The predicted octanol–water partition coefficient (Wildman–Crippen LogP) is 3.22. The van der Waals surface area contributed by atoms with E-state index in [0.29, 0.717) is 18.7 Å². The van der Waals surface area contributed by atoms with Crippen LogP contribution in [0.15, 0.2) is 16.8 Å². The Morgan fingerprint density at radius 3 is 2.77 bits per heavy atom. The van der Waals surface area contributed by atoms with E-state index in [2.05, 4.69) is 0 Å². The summed E-state index contributed by atoms with van der Waals surface area (Å²) in [7, 11) is 1.78. The van der Waals surface area contributed by atoms with Crippen molar-refractivity contribution in [3.8, 4) is 0 Å². The van der Waals surface area contributed by atoms with E-state index in [-0.39, 0.29) is 18.0 Å². The van der Waals surface area contributed by atoms with Gasteiger partial charge in [-0.15, -0.1) is 0 Å². The van der Waals surface area contributed by atoms with Crippen molar-refractivity contribution in [2.75, 3.05) is 20.1 Å². The van der Waals surface area contributed by atoms with Crippen LogP contribution in [-0.4, -0.2) is 53.6 Å². The van der Waals surface area contributed by atoms with Gasteiger partial charge >= 0.3 is 6.09 Å². The summed E-state index contributed by atoms with van der Waals surface area (Å²) in [6.45, 7) is 6.82. The third-order valence-corrected chi connectivity index (χ3v) is 4.29. The number of carbonyl (C=O) groups excluding carboxylic acids is 2. The van der Waals surface area contributed by atoms with Crippen molar-refractivity contribution in [2.24, 2.45) is 0 Å². The van der Waals surface area contributed by atoms with E-state index in [1.165, 1.54) is 11.3 Å². The van der Waals surface area contributed by atoms with Crippen LogP contribution < -0.4 is 0 Å². The Morgan fingerprint density at radius 2 is 2.18 bits per heavy atom. The molecule has 22 heavy (non-hydrogen) atoms. The molecule has 1 aromatic rings. The highest BCUT2D eigenvalue weighted by Crippen LogP contribution is 2.22. The fourth-order valence-corrected chi connectivity index (χ4v) is 3.22. The molecule has 1 aromatic heterocycles. The number of nitrogens with zero attached hydrogens (tertiary/aromatic N) is 2. The van der Waals surface area contributed by atoms with Gasteiger partial charge in [0.2, 0.25) is 0 Å². The van der Waals surface area contributed by atoms with Gasteiger partial charge in [0.15, 0.2) is 0 Å². The summed E-state index contributed by atoms with van der Waals surface area (Å²) in [6, 6.07) is 1.85. The summed E-state index contributed by atoms with van der Waals surface area (Å²) in [4.78, 5) is 28.0. The van der Waals surface area contributed by atoms with Gasteiger partial charge in [0.1, 0.15) is 5.60 Å². The molecule has 0 saturated carbocycles. The number of likely N-dealkylation sites (tertiary alicyclic amines) is 1. The topological polar surface area (TPSA) is 49.9 Å². The molecule has 0 spiro atoms. The van der Waals surface area contributed by atoms with E-state index >= 15 is 0 Å². The largest absolute Gasteiger partial charge is 0.444 e. The zero-order chi connectivity index (χ0) is 16.3. The number of amides is 2. The summed E-state index contributed by atoms with van der Waals surface area (Å²) in [6.07, 6.45) is 1.57. The quantitative estimate of drug-likeness (QED) is 0.858. The number of likely N-dealkylation sites (N-methyl/N-ethyl adjacent to an activating group) is 1. The molecular weight excluding hydrogens is 300 g/mol. The third-order valence-electron chi connectivity index (χ3n) is 3.60. The molecule has 2 amide bonds. The van der Waals surface area contributed by atoms with E-state index in [0.717, 1.165) is 12.8 Å². The molecule has 1 fully saturated rings. The minimum absolute atomic E-state index is 0.00251. The summed E-state index contributed by atoms with van der Waals surface area (Å²) >= 11 is 1.51. The molecule has 0 N–H and O–H groups in total. The molecule has 0 radical (unpaired) electrons. The molecule has 6 heteroatoms. The molecule has 1 saturated heterocycles. The van der Waals surface area contributed by atoms with Crippen molar-refractivity contribution in [3.05, 3.63) is 22.4 Å². The first-order valence-corrected chi connectivity index (χ1v) is 8.49. The number of hydrogen-bond donors (Lipinski definition) is 0. The number of thiophene rings is 1. The predicted molar refractivity (Wildman–Crippen MR) is 87.2 cm³/mol. The minimum atomic E-state index is -0.497. The zero-order valence-electron chi connectivity index (χ0n) is 13.7. The molecule has 1 atom stereocenters. The average molecular weight is 324 g/mol. The van der Waals surface area contributed by atoms with Crippen LogP contribution in [0.25, 0.3) is 0 Å². The maximum atomic E-state index is 12.3. The minimum Gasteiger partial charge on any atom is -0.444 e. The molecule has 0 aromatic carbocycles. The van der Waals surface area contributed by atoms with Crippen molar-refractivity contribution in [1.82, 2.24) is 9.80 Å². The van der Waals surface area contributed by atoms with Crippen LogP contribution in [0.2, 0.25) is 0 Å². The lowest BCUT2D eigenvalue weighted by molar-refractivity contribution is 0.0199. The first-order valence-electron chi connectivity index (χ1n) is 7.55.